The molecular formula is C33H41N3O3. The number of para-hydroxylation sites is 1. The van der Waals surface area contributed by atoms with E-state index in [4.69, 9.17) is 4.74 Å². The molecule has 1 amide bonds. The van der Waals surface area contributed by atoms with E-state index in [0.29, 0.717) is 29.5 Å². The number of nitrogens with zero attached hydrogens (tertiary/aromatic N) is 2. The predicted octanol–water partition coefficient (Wildman–Crippen LogP) is 6.37. The lowest BCUT2D eigenvalue weighted by molar-refractivity contribution is -0.140. The first kappa shape index (κ1) is 27.2. The van der Waals surface area contributed by atoms with Gasteiger partial charge in [0.2, 0.25) is 0 Å². The lowest BCUT2D eigenvalue weighted by Gasteiger charge is -2.35. The van der Waals surface area contributed by atoms with E-state index in [1.807, 2.05) is 50.2 Å². The number of hydrogen-bond donors (Lipinski definition) is 1. The van der Waals surface area contributed by atoms with Gasteiger partial charge in [0.05, 0.1) is 17.4 Å². The highest BCUT2D eigenvalue weighted by atomic mass is 16.5. The molecule has 2 aliphatic heterocycles. The number of H-pyrrole nitrogens is 1. The monoisotopic (exact) mass is 527 g/mol. The van der Waals surface area contributed by atoms with Crippen molar-refractivity contribution in [2.24, 2.45) is 11.8 Å². The standard InChI is InChI=1S/C33H41N3O3/c1-21(2)39-32(38)27-19-36(20-33(5,6)29-26-12-7-8-13-28(26)34-30(27)29)31(37)25-11-9-10-24(15-25)18-35-16-22(3)14-23(4)17-35/h7-13,15,19,21-23,34H,14,16-18,20H2,1-6H3/t22-,23+. The summed E-state index contributed by atoms with van der Waals surface area (Å²) in [5.41, 5.74) is 4.44. The minimum atomic E-state index is -0.435. The van der Waals surface area contributed by atoms with E-state index in [9.17, 15) is 9.59 Å². The Bertz CT molecular complexity index is 1410. The predicted molar refractivity (Wildman–Crippen MR) is 156 cm³/mol. The number of fused-ring (bicyclic) bond motifs is 3. The molecule has 1 fully saturated rings. The van der Waals surface area contributed by atoms with Gasteiger partial charge in [-0.3, -0.25) is 9.69 Å². The Morgan fingerprint density at radius 3 is 2.49 bits per heavy atom. The van der Waals surface area contributed by atoms with Crippen LogP contribution >= 0.6 is 0 Å². The molecule has 1 N–H and O–H groups in total. The van der Waals surface area contributed by atoms with E-state index >= 15 is 0 Å². The van der Waals surface area contributed by atoms with E-state index < -0.39 is 11.4 Å². The number of carbonyl (C=O) groups excluding carboxylic acids is 2. The smallest absolute Gasteiger partial charge is 0.342 e. The largest absolute Gasteiger partial charge is 0.459 e. The molecular weight excluding hydrogens is 486 g/mol. The Morgan fingerprint density at radius 1 is 1.05 bits per heavy atom. The third-order valence-electron chi connectivity index (χ3n) is 7.85. The number of hydrogen-bond acceptors (Lipinski definition) is 4. The number of benzene rings is 2. The molecule has 0 bridgehead atoms. The van der Waals surface area contributed by atoms with Crippen molar-refractivity contribution < 1.29 is 14.3 Å². The highest BCUT2D eigenvalue weighted by Crippen LogP contribution is 2.40. The molecule has 1 aromatic heterocycles. The first-order valence-electron chi connectivity index (χ1n) is 14.2. The van der Waals surface area contributed by atoms with Gasteiger partial charge in [0.1, 0.15) is 0 Å². The molecule has 39 heavy (non-hydrogen) atoms. The molecule has 0 saturated carbocycles. The Morgan fingerprint density at radius 2 is 1.77 bits per heavy atom. The van der Waals surface area contributed by atoms with Gasteiger partial charge in [-0.05, 0) is 61.4 Å². The number of amides is 1. The molecule has 5 rings (SSSR count). The maximum atomic E-state index is 14.0. The molecule has 6 nitrogen and oxygen atoms in total. The molecule has 3 aromatic rings. The second kappa shape index (κ2) is 10.6. The molecule has 0 spiro atoms. The Kier molecular flexibility index (Phi) is 7.43. The van der Waals surface area contributed by atoms with Crippen molar-refractivity contribution in [3.8, 4) is 0 Å². The molecule has 2 aromatic carbocycles. The van der Waals surface area contributed by atoms with Crippen molar-refractivity contribution in [1.29, 1.82) is 0 Å². The van der Waals surface area contributed by atoms with E-state index in [1.54, 1.807) is 11.1 Å². The maximum Gasteiger partial charge on any atom is 0.342 e. The zero-order chi connectivity index (χ0) is 27.9. The molecule has 6 heteroatoms. The van der Waals surface area contributed by atoms with Gasteiger partial charge in [-0.15, -0.1) is 0 Å². The van der Waals surface area contributed by atoms with Crippen LogP contribution in [0.25, 0.3) is 16.5 Å². The average molecular weight is 528 g/mol. The van der Waals surface area contributed by atoms with Crippen molar-refractivity contribution in [2.45, 2.75) is 66.0 Å². The number of esters is 1. The summed E-state index contributed by atoms with van der Waals surface area (Å²) in [6.07, 6.45) is 2.69. The number of aromatic amines is 1. The third kappa shape index (κ3) is 5.67. The fourth-order valence-corrected chi connectivity index (χ4v) is 6.53. The summed E-state index contributed by atoms with van der Waals surface area (Å²) in [5, 5.41) is 1.06. The summed E-state index contributed by atoms with van der Waals surface area (Å²) in [7, 11) is 0. The topological polar surface area (TPSA) is 65.6 Å². The van der Waals surface area contributed by atoms with Crippen molar-refractivity contribution in [3.05, 3.63) is 77.1 Å². The Balaban J connectivity index is 1.50. The summed E-state index contributed by atoms with van der Waals surface area (Å²) in [6.45, 7) is 16.0. The number of rotatable bonds is 5. The van der Waals surface area contributed by atoms with Crippen LogP contribution in [-0.2, 0) is 21.5 Å². The van der Waals surface area contributed by atoms with Gasteiger partial charge in [0, 0.05) is 54.3 Å². The quantitative estimate of drug-likeness (QED) is 0.392. The van der Waals surface area contributed by atoms with Crippen LogP contribution in [0.1, 0.15) is 75.1 Å². The lowest BCUT2D eigenvalue weighted by atomic mass is 9.81. The van der Waals surface area contributed by atoms with E-state index in [-0.39, 0.29) is 12.0 Å². The van der Waals surface area contributed by atoms with Crippen molar-refractivity contribution >= 4 is 28.4 Å². The molecule has 206 valence electrons. The second-order valence-corrected chi connectivity index (χ2v) is 12.6. The van der Waals surface area contributed by atoms with Crippen LogP contribution in [0.3, 0.4) is 0 Å². The number of carbonyl (C=O) groups is 2. The highest BCUT2D eigenvalue weighted by molar-refractivity contribution is 6.18. The molecule has 2 atom stereocenters. The van der Waals surface area contributed by atoms with Gasteiger partial charge in [0.25, 0.3) is 5.91 Å². The van der Waals surface area contributed by atoms with Crippen LogP contribution in [0.2, 0.25) is 0 Å². The molecule has 0 radical (unpaired) electrons. The number of nitrogens with one attached hydrogen (secondary N) is 1. The third-order valence-corrected chi connectivity index (χ3v) is 7.85. The van der Waals surface area contributed by atoms with Crippen molar-refractivity contribution in [3.63, 3.8) is 0 Å². The fourth-order valence-electron chi connectivity index (χ4n) is 6.53. The van der Waals surface area contributed by atoms with Crippen molar-refractivity contribution in [1.82, 2.24) is 14.8 Å². The number of piperidine rings is 1. The molecule has 3 heterocycles. The van der Waals surface area contributed by atoms with Crippen LogP contribution in [0.4, 0.5) is 0 Å². The van der Waals surface area contributed by atoms with Gasteiger partial charge >= 0.3 is 5.97 Å². The van der Waals surface area contributed by atoms with Gasteiger partial charge < -0.3 is 14.6 Å². The Hall–Kier alpha value is -3.38. The summed E-state index contributed by atoms with van der Waals surface area (Å²) in [5.74, 6) is 0.811. The SMILES string of the molecule is CC(C)OC(=O)C1=CN(C(=O)c2cccc(CN3C[C@H](C)C[C@H](C)C3)c2)CC(C)(C)c2c1[nH]c1ccccc21. The lowest BCUT2D eigenvalue weighted by Crippen LogP contribution is -2.38. The molecule has 0 aliphatic carbocycles. The first-order chi connectivity index (χ1) is 18.5. The van der Waals surface area contributed by atoms with Crippen molar-refractivity contribution in [2.75, 3.05) is 19.6 Å². The summed E-state index contributed by atoms with van der Waals surface area (Å²) >= 11 is 0. The molecule has 0 unspecified atom stereocenters. The zero-order valence-electron chi connectivity index (χ0n) is 24.1. The second-order valence-electron chi connectivity index (χ2n) is 12.6. The van der Waals surface area contributed by atoms with Gasteiger partial charge in [-0.1, -0.05) is 58.0 Å². The molecule has 2 aliphatic rings. The van der Waals surface area contributed by atoms with Crippen LogP contribution in [0.15, 0.2) is 54.7 Å². The van der Waals surface area contributed by atoms with Crippen LogP contribution < -0.4 is 0 Å². The number of likely N-dealkylation sites (tertiary alicyclic amines) is 1. The summed E-state index contributed by atoms with van der Waals surface area (Å²) in [4.78, 5) is 35.1. The van der Waals surface area contributed by atoms with Gasteiger partial charge in [0.15, 0.2) is 0 Å². The van der Waals surface area contributed by atoms with E-state index in [0.717, 1.165) is 47.4 Å². The molecule has 1 saturated heterocycles. The minimum Gasteiger partial charge on any atom is -0.459 e. The van der Waals surface area contributed by atoms with E-state index in [2.05, 4.69) is 49.7 Å². The highest BCUT2D eigenvalue weighted by Gasteiger charge is 2.37. The summed E-state index contributed by atoms with van der Waals surface area (Å²) < 4.78 is 5.65. The maximum absolute atomic E-state index is 14.0. The average Bonchev–Trinajstić information content (AvgIpc) is 3.20. The number of aromatic nitrogens is 1. The first-order valence-corrected chi connectivity index (χ1v) is 14.2. The number of ether oxygens (including phenoxy) is 1. The normalized spacial score (nSPS) is 21.4. The minimum absolute atomic E-state index is 0.116. The Labute approximate surface area is 232 Å². The van der Waals surface area contributed by atoms with Gasteiger partial charge in [-0.2, -0.15) is 0 Å². The van der Waals surface area contributed by atoms with Gasteiger partial charge in [-0.25, -0.2) is 4.79 Å². The van der Waals surface area contributed by atoms with Crippen LogP contribution in [-0.4, -0.2) is 52.4 Å². The summed E-state index contributed by atoms with van der Waals surface area (Å²) in [6, 6.07) is 16.0. The fraction of sp³-hybridized carbons (Fsp3) is 0.455. The zero-order valence-corrected chi connectivity index (χ0v) is 24.1. The van der Waals surface area contributed by atoms with Crippen LogP contribution in [0, 0.1) is 11.8 Å². The van der Waals surface area contributed by atoms with Crippen LogP contribution in [0.5, 0.6) is 0 Å². The van der Waals surface area contributed by atoms with E-state index in [1.165, 1.54) is 6.42 Å².